The number of hydrogen-bond donors (Lipinski definition) is 1. The van der Waals surface area contributed by atoms with Crippen LogP contribution in [0.15, 0.2) is 60.7 Å². The molecule has 3 aromatic carbocycles. The molecule has 0 heterocycles. The number of aryl methyl sites for hydroxylation is 1. The summed E-state index contributed by atoms with van der Waals surface area (Å²) in [5.74, 6) is 0.259. The Morgan fingerprint density at radius 3 is 2.37 bits per heavy atom. The van der Waals surface area contributed by atoms with Crippen molar-refractivity contribution in [2.24, 2.45) is 0 Å². The largest absolute Gasteiger partial charge is 0.487 e. The monoisotopic (exact) mass is 443 g/mol. The van der Waals surface area contributed by atoms with E-state index in [9.17, 15) is 4.79 Å². The van der Waals surface area contributed by atoms with Crippen LogP contribution in [0.1, 0.15) is 34.0 Å². The van der Waals surface area contributed by atoms with Crippen molar-refractivity contribution in [3.63, 3.8) is 0 Å². The van der Waals surface area contributed by atoms with E-state index in [4.69, 9.17) is 32.7 Å². The highest BCUT2D eigenvalue weighted by Crippen LogP contribution is 2.33. The van der Waals surface area contributed by atoms with E-state index < -0.39 is 0 Å². The summed E-state index contributed by atoms with van der Waals surface area (Å²) in [5, 5.41) is 4.31. The van der Waals surface area contributed by atoms with Gasteiger partial charge in [-0.15, -0.1) is 0 Å². The Balaban J connectivity index is 1.70. The number of carbonyl (C=O) groups is 1. The van der Waals surface area contributed by atoms with E-state index in [2.05, 4.69) is 5.32 Å². The smallest absolute Gasteiger partial charge is 0.338 e. The van der Waals surface area contributed by atoms with Crippen LogP contribution in [0.25, 0.3) is 0 Å². The molecule has 0 aliphatic rings. The summed E-state index contributed by atoms with van der Waals surface area (Å²) >= 11 is 12.6. The number of nitrogens with one attached hydrogen (secondary N) is 1. The molecule has 0 aliphatic carbocycles. The molecule has 0 aliphatic heterocycles. The number of hydrogen-bond acceptors (Lipinski definition) is 4. The molecule has 3 aromatic rings. The third kappa shape index (κ3) is 5.91. The summed E-state index contributed by atoms with van der Waals surface area (Å²) in [6, 6.07) is 18.7. The van der Waals surface area contributed by atoms with Crippen LogP contribution in [0.3, 0.4) is 0 Å². The Kier molecular flexibility index (Phi) is 7.61. The maximum absolute atomic E-state index is 11.8. The average molecular weight is 444 g/mol. The Bertz CT molecular complexity index is 1000. The lowest BCUT2D eigenvalue weighted by Gasteiger charge is -2.15. The number of ether oxygens (including phenoxy) is 2. The first kappa shape index (κ1) is 22.0. The molecule has 4 nitrogen and oxygen atoms in total. The third-order valence-corrected chi connectivity index (χ3v) is 4.97. The van der Waals surface area contributed by atoms with Crippen molar-refractivity contribution in [2.75, 3.05) is 11.9 Å². The second kappa shape index (κ2) is 10.4. The first-order valence-electron chi connectivity index (χ1n) is 9.63. The zero-order valence-corrected chi connectivity index (χ0v) is 18.4. The summed E-state index contributed by atoms with van der Waals surface area (Å²) < 4.78 is 11.0. The molecule has 30 heavy (non-hydrogen) atoms. The molecule has 0 aromatic heterocycles. The van der Waals surface area contributed by atoms with Crippen LogP contribution in [-0.4, -0.2) is 12.6 Å². The molecule has 6 heteroatoms. The summed E-state index contributed by atoms with van der Waals surface area (Å²) in [7, 11) is 0. The van der Waals surface area contributed by atoms with Gasteiger partial charge >= 0.3 is 5.97 Å². The molecule has 0 unspecified atom stereocenters. The molecule has 0 fully saturated rings. The molecule has 0 spiro atoms. The van der Waals surface area contributed by atoms with Crippen LogP contribution in [0.2, 0.25) is 10.0 Å². The highest BCUT2D eigenvalue weighted by Gasteiger charge is 2.12. The van der Waals surface area contributed by atoms with E-state index in [-0.39, 0.29) is 5.97 Å². The molecule has 0 amide bonds. The van der Waals surface area contributed by atoms with Crippen LogP contribution in [-0.2, 0) is 17.9 Å². The SMILES string of the molecule is CCOC(=O)c1ccc(NCc2cc(Cl)cc(Cl)c2OCc2ccc(C)cc2)cc1. The van der Waals surface area contributed by atoms with E-state index >= 15 is 0 Å². The molecule has 3 rings (SSSR count). The maximum Gasteiger partial charge on any atom is 0.338 e. The van der Waals surface area contributed by atoms with Crippen molar-refractivity contribution in [2.45, 2.75) is 27.0 Å². The fraction of sp³-hybridized carbons (Fsp3) is 0.208. The predicted octanol–water partition coefficient (Wildman–Crippen LogP) is 6.67. The minimum atomic E-state index is -0.336. The van der Waals surface area contributed by atoms with Gasteiger partial charge in [0.25, 0.3) is 0 Å². The van der Waals surface area contributed by atoms with E-state index in [1.807, 2.05) is 49.4 Å². The van der Waals surface area contributed by atoms with Crippen molar-refractivity contribution in [1.82, 2.24) is 0 Å². The predicted molar refractivity (Wildman–Crippen MR) is 122 cm³/mol. The van der Waals surface area contributed by atoms with Gasteiger partial charge < -0.3 is 14.8 Å². The quantitative estimate of drug-likeness (QED) is 0.394. The number of esters is 1. The lowest BCUT2D eigenvalue weighted by molar-refractivity contribution is 0.0526. The minimum absolute atomic E-state index is 0.336. The molecule has 0 radical (unpaired) electrons. The number of anilines is 1. The van der Waals surface area contributed by atoms with Crippen LogP contribution in [0.5, 0.6) is 5.75 Å². The minimum Gasteiger partial charge on any atom is -0.487 e. The van der Waals surface area contributed by atoms with Crippen LogP contribution < -0.4 is 10.1 Å². The van der Waals surface area contributed by atoms with Crippen molar-refractivity contribution in [3.8, 4) is 5.75 Å². The fourth-order valence-corrected chi connectivity index (χ4v) is 3.47. The summed E-state index contributed by atoms with van der Waals surface area (Å²) in [6.07, 6.45) is 0. The van der Waals surface area contributed by atoms with Crippen molar-refractivity contribution in [1.29, 1.82) is 0 Å². The summed E-state index contributed by atoms with van der Waals surface area (Å²) in [4.78, 5) is 11.8. The van der Waals surface area contributed by atoms with Crippen molar-refractivity contribution >= 4 is 34.9 Å². The average Bonchev–Trinajstić information content (AvgIpc) is 2.73. The van der Waals surface area contributed by atoms with Gasteiger partial charge in [0, 0.05) is 22.8 Å². The van der Waals surface area contributed by atoms with Gasteiger partial charge in [-0.25, -0.2) is 4.79 Å². The van der Waals surface area contributed by atoms with Gasteiger partial charge in [-0.1, -0.05) is 53.0 Å². The first-order valence-corrected chi connectivity index (χ1v) is 10.4. The molecule has 0 bridgehead atoms. The molecular weight excluding hydrogens is 421 g/mol. The van der Waals surface area contributed by atoms with Gasteiger partial charge in [-0.2, -0.15) is 0 Å². The van der Waals surface area contributed by atoms with Gasteiger partial charge in [-0.3, -0.25) is 0 Å². The lowest BCUT2D eigenvalue weighted by atomic mass is 10.1. The fourth-order valence-electron chi connectivity index (χ4n) is 2.88. The second-order valence-corrected chi connectivity index (χ2v) is 7.65. The Morgan fingerprint density at radius 1 is 1.00 bits per heavy atom. The highest BCUT2D eigenvalue weighted by molar-refractivity contribution is 6.35. The molecule has 1 N–H and O–H groups in total. The van der Waals surface area contributed by atoms with Crippen molar-refractivity contribution < 1.29 is 14.3 Å². The Labute approximate surface area is 186 Å². The Hall–Kier alpha value is -2.69. The number of carbonyl (C=O) groups excluding carboxylic acids is 1. The lowest BCUT2D eigenvalue weighted by Crippen LogP contribution is -2.06. The normalized spacial score (nSPS) is 10.5. The van der Waals surface area contributed by atoms with Crippen molar-refractivity contribution in [3.05, 3.63) is 93.0 Å². The molecule has 0 saturated carbocycles. The standard InChI is InChI=1S/C24H23Cl2NO3/c1-3-29-24(28)18-8-10-21(11-9-18)27-14-19-12-20(25)13-22(26)23(19)30-15-17-6-4-16(2)5-7-17/h4-13,27H,3,14-15H2,1-2H3. The topological polar surface area (TPSA) is 47.6 Å². The van der Waals surface area contributed by atoms with Crippen LogP contribution in [0, 0.1) is 6.92 Å². The van der Waals surface area contributed by atoms with E-state index in [1.54, 1.807) is 25.1 Å². The zero-order chi connectivity index (χ0) is 21.5. The molecule has 0 atom stereocenters. The molecule has 0 saturated heterocycles. The number of rotatable bonds is 8. The summed E-state index contributed by atoms with van der Waals surface area (Å²) in [6.45, 7) is 5.04. The first-order chi connectivity index (χ1) is 14.5. The molecular formula is C24H23Cl2NO3. The number of benzene rings is 3. The van der Waals surface area contributed by atoms with Gasteiger partial charge in [0.1, 0.15) is 12.4 Å². The highest BCUT2D eigenvalue weighted by atomic mass is 35.5. The van der Waals surface area contributed by atoms with E-state index in [1.165, 1.54) is 5.56 Å². The zero-order valence-electron chi connectivity index (χ0n) is 16.9. The van der Waals surface area contributed by atoms with Gasteiger partial charge in [0.05, 0.1) is 17.2 Å². The summed E-state index contributed by atoms with van der Waals surface area (Å²) in [5.41, 5.74) is 4.45. The van der Waals surface area contributed by atoms with Gasteiger partial charge in [0.2, 0.25) is 0 Å². The molecule has 156 valence electrons. The van der Waals surface area contributed by atoms with Crippen LogP contribution >= 0.6 is 23.2 Å². The van der Waals surface area contributed by atoms with Crippen LogP contribution in [0.4, 0.5) is 5.69 Å². The van der Waals surface area contributed by atoms with Gasteiger partial charge in [-0.05, 0) is 55.8 Å². The maximum atomic E-state index is 11.8. The van der Waals surface area contributed by atoms with E-state index in [0.29, 0.717) is 41.1 Å². The Morgan fingerprint density at radius 2 is 1.70 bits per heavy atom. The van der Waals surface area contributed by atoms with E-state index in [0.717, 1.165) is 16.8 Å². The third-order valence-electron chi connectivity index (χ3n) is 4.47. The number of halogens is 2. The second-order valence-electron chi connectivity index (χ2n) is 6.80. The van der Waals surface area contributed by atoms with Gasteiger partial charge in [0.15, 0.2) is 0 Å².